The number of ether oxygens (including phenoxy) is 1. The second kappa shape index (κ2) is 8.49. The number of carbonyl (C=O) groups is 1. The Kier molecular flexibility index (Phi) is 5.95. The number of nitrogens with zero attached hydrogens (tertiary/aromatic N) is 3. The van der Waals surface area contributed by atoms with Crippen LogP contribution in [-0.4, -0.2) is 62.4 Å². The molecule has 2 aromatic rings. The maximum absolute atomic E-state index is 12.7. The molecule has 1 spiro atoms. The highest BCUT2D eigenvalue weighted by atomic mass is 16.5. The number of aryl methyl sites for hydroxylation is 1. The Balaban J connectivity index is 1.41. The maximum atomic E-state index is 12.7. The number of rotatable bonds is 5. The van der Waals surface area contributed by atoms with Gasteiger partial charge in [0, 0.05) is 44.5 Å². The van der Waals surface area contributed by atoms with Crippen molar-refractivity contribution >= 4 is 5.91 Å². The third-order valence-corrected chi connectivity index (χ3v) is 6.78. The van der Waals surface area contributed by atoms with E-state index in [9.17, 15) is 9.90 Å². The number of aliphatic hydroxyl groups excluding tert-OH is 1. The summed E-state index contributed by atoms with van der Waals surface area (Å²) in [7, 11) is 0. The summed E-state index contributed by atoms with van der Waals surface area (Å²) in [6.45, 7) is 8.03. The fourth-order valence-corrected chi connectivity index (χ4v) is 4.82. The van der Waals surface area contributed by atoms with E-state index < -0.39 is 17.2 Å². The summed E-state index contributed by atoms with van der Waals surface area (Å²) in [6.07, 6.45) is 5.12. The van der Waals surface area contributed by atoms with Crippen molar-refractivity contribution in [3.63, 3.8) is 0 Å². The SMILES string of the molecule is CCn1cncc1CN1CCC2(CC1)OCC[C@](C)(NC(=O)c1ccccc1)[C@H]2O. The van der Waals surface area contributed by atoms with Crippen LogP contribution in [-0.2, 0) is 17.8 Å². The van der Waals surface area contributed by atoms with E-state index in [2.05, 4.69) is 26.7 Å². The third-order valence-electron chi connectivity index (χ3n) is 6.78. The van der Waals surface area contributed by atoms with Gasteiger partial charge in [-0.05, 0) is 45.2 Å². The third kappa shape index (κ3) is 4.02. The van der Waals surface area contributed by atoms with Crippen LogP contribution in [0.25, 0.3) is 0 Å². The van der Waals surface area contributed by atoms with Gasteiger partial charge in [0.2, 0.25) is 0 Å². The standard InChI is InChI=1S/C23H32N4O3/c1-3-27-17-24-15-19(27)16-26-12-9-23(10-13-26)21(29)22(2,11-14-30-23)25-20(28)18-7-5-4-6-8-18/h4-8,15,17,21,29H,3,9-14,16H2,1-2H3,(H,25,28)/t21-,22+/m1/s1. The number of carbonyl (C=O) groups excluding carboxylic acids is 1. The van der Waals surface area contributed by atoms with E-state index in [1.165, 1.54) is 5.69 Å². The van der Waals surface area contributed by atoms with Gasteiger partial charge in [0.05, 0.1) is 23.2 Å². The molecule has 7 heteroatoms. The summed E-state index contributed by atoms with van der Waals surface area (Å²) in [5.41, 5.74) is 0.486. The fourth-order valence-electron chi connectivity index (χ4n) is 4.82. The van der Waals surface area contributed by atoms with Crippen LogP contribution in [0.3, 0.4) is 0 Å². The first-order chi connectivity index (χ1) is 14.5. The van der Waals surface area contributed by atoms with Crippen molar-refractivity contribution in [3.05, 3.63) is 54.1 Å². The molecular formula is C23H32N4O3. The number of hydrogen-bond acceptors (Lipinski definition) is 5. The van der Waals surface area contributed by atoms with E-state index in [0.29, 0.717) is 18.6 Å². The van der Waals surface area contributed by atoms with Crippen LogP contribution in [0.5, 0.6) is 0 Å². The molecular weight excluding hydrogens is 380 g/mol. The molecule has 7 nitrogen and oxygen atoms in total. The van der Waals surface area contributed by atoms with E-state index in [0.717, 1.165) is 39.0 Å². The van der Waals surface area contributed by atoms with Crippen LogP contribution in [0, 0.1) is 0 Å². The van der Waals surface area contributed by atoms with E-state index in [-0.39, 0.29) is 5.91 Å². The molecule has 162 valence electrons. The molecule has 1 aromatic heterocycles. The Bertz CT molecular complexity index is 860. The van der Waals surface area contributed by atoms with Crippen LogP contribution in [0.4, 0.5) is 0 Å². The Morgan fingerprint density at radius 2 is 2.00 bits per heavy atom. The second-order valence-corrected chi connectivity index (χ2v) is 8.75. The van der Waals surface area contributed by atoms with Crippen LogP contribution in [0.2, 0.25) is 0 Å². The molecule has 1 amide bonds. The van der Waals surface area contributed by atoms with Crippen molar-refractivity contribution in [2.75, 3.05) is 19.7 Å². The van der Waals surface area contributed by atoms with E-state index in [1.807, 2.05) is 37.6 Å². The number of amides is 1. The lowest BCUT2D eigenvalue weighted by atomic mass is 9.73. The summed E-state index contributed by atoms with van der Waals surface area (Å²) in [5.74, 6) is -0.153. The molecule has 0 radical (unpaired) electrons. The van der Waals surface area contributed by atoms with Gasteiger partial charge >= 0.3 is 0 Å². The first kappa shape index (κ1) is 21.0. The normalized spacial score (nSPS) is 26.6. The molecule has 0 aliphatic carbocycles. The average Bonchev–Trinajstić information content (AvgIpc) is 3.21. The Morgan fingerprint density at radius 3 is 2.70 bits per heavy atom. The maximum Gasteiger partial charge on any atom is 0.251 e. The minimum atomic E-state index is -0.755. The number of hydrogen-bond donors (Lipinski definition) is 2. The molecule has 0 saturated carbocycles. The zero-order valence-electron chi connectivity index (χ0n) is 17.9. The van der Waals surface area contributed by atoms with Crippen molar-refractivity contribution in [2.24, 2.45) is 0 Å². The summed E-state index contributed by atoms with van der Waals surface area (Å²) in [5, 5.41) is 14.5. The van der Waals surface area contributed by atoms with Gasteiger partial charge in [0.1, 0.15) is 6.10 Å². The molecule has 0 bridgehead atoms. The molecule has 3 heterocycles. The highest BCUT2D eigenvalue weighted by molar-refractivity contribution is 5.94. The molecule has 2 N–H and O–H groups in total. The number of imidazole rings is 1. The number of likely N-dealkylation sites (tertiary alicyclic amines) is 1. The fraction of sp³-hybridized carbons (Fsp3) is 0.565. The Labute approximate surface area is 178 Å². The largest absolute Gasteiger partial charge is 0.388 e. The first-order valence-corrected chi connectivity index (χ1v) is 10.9. The lowest BCUT2D eigenvalue weighted by Crippen LogP contribution is -2.69. The van der Waals surface area contributed by atoms with Gasteiger partial charge in [-0.15, -0.1) is 0 Å². The summed E-state index contributed by atoms with van der Waals surface area (Å²) in [6, 6.07) is 9.16. The van der Waals surface area contributed by atoms with Gasteiger partial charge in [-0.25, -0.2) is 4.98 Å². The topological polar surface area (TPSA) is 79.6 Å². The van der Waals surface area contributed by atoms with Crippen molar-refractivity contribution in [1.29, 1.82) is 0 Å². The van der Waals surface area contributed by atoms with Gasteiger partial charge in [-0.2, -0.15) is 0 Å². The number of piperidine rings is 1. The lowest BCUT2D eigenvalue weighted by molar-refractivity contribution is -0.206. The predicted octanol–water partition coefficient (Wildman–Crippen LogP) is 2.21. The van der Waals surface area contributed by atoms with Gasteiger partial charge in [0.25, 0.3) is 5.91 Å². The Hall–Kier alpha value is -2.22. The smallest absolute Gasteiger partial charge is 0.251 e. The van der Waals surface area contributed by atoms with Crippen LogP contribution in [0.1, 0.15) is 49.2 Å². The van der Waals surface area contributed by atoms with Gasteiger partial charge < -0.3 is 19.7 Å². The summed E-state index contributed by atoms with van der Waals surface area (Å²) >= 11 is 0. The number of benzene rings is 1. The van der Waals surface area contributed by atoms with Crippen molar-refractivity contribution in [2.45, 2.75) is 63.4 Å². The molecule has 4 rings (SSSR count). The van der Waals surface area contributed by atoms with Crippen LogP contribution >= 0.6 is 0 Å². The highest BCUT2D eigenvalue weighted by Gasteiger charge is 2.53. The highest BCUT2D eigenvalue weighted by Crippen LogP contribution is 2.40. The van der Waals surface area contributed by atoms with Crippen molar-refractivity contribution in [3.8, 4) is 0 Å². The molecule has 0 unspecified atom stereocenters. The van der Waals surface area contributed by atoms with Crippen LogP contribution in [0.15, 0.2) is 42.9 Å². The number of aliphatic hydroxyl groups is 1. The van der Waals surface area contributed by atoms with E-state index in [1.54, 1.807) is 12.1 Å². The first-order valence-electron chi connectivity index (χ1n) is 10.9. The minimum Gasteiger partial charge on any atom is -0.388 e. The predicted molar refractivity (Wildman–Crippen MR) is 114 cm³/mol. The number of aromatic nitrogens is 2. The minimum absolute atomic E-state index is 0.153. The monoisotopic (exact) mass is 412 g/mol. The molecule has 30 heavy (non-hydrogen) atoms. The molecule has 2 atom stereocenters. The van der Waals surface area contributed by atoms with Gasteiger partial charge in [-0.3, -0.25) is 9.69 Å². The second-order valence-electron chi connectivity index (χ2n) is 8.75. The molecule has 2 aliphatic heterocycles. The Morgan fingerprint density at radius 1 is 1.27 bits per heavy atom. The summed E-state index contributed by atoms with van der Waals surface area (Å²) < 4.78 is 8.34. The lowest BCUT2D eigenvalue weighted by Gasteiger charge is -2.53. The zero-order chi connectivity index (χ0) is 21.2. The molecule has 2 saturated heterocycles. The zero-order valence-corrected chi connectivity index (χ0v) is 17.9. The summed E-state index contributed by atoms with van der Waals surface area (Å²) in [4.78, 5) is 19.4. The van der Waals surface area contributed by atoms with Crippen molar-refractivity contribution < 1.29 is 14.6 Å². The molecule has 2 fully saturated rings. The van der Waals surface area contributed by atoms with E-state index >= 15 is 0 Å². The van der Waals surface area contributed by atoms with Gasteiger partial charge in [0.15, 0.2) is 0 Å². The van der Waals surface area contributed by atoms with Crippen LogP contribution < -0.4 is 5.32 Å². The molecule has 1 aromatic carbocycles. The van der Waals surface area contributed by atoms with Gasteiger partial charge in [-0.1, -0.05) is 18.2 Å². The quantitative estimate of drug-likeness (QED) is 0.787. The van der Waals surface area contributed by atoms with Crippen molar-refractivity contribution in [1.82, 2.24) is 19.8 Å². The van der Waals surface area contributed by atoms with E-state index in [4.69, 9.17) is 4.74 Å². The molecule has 2 aliphatic rings. The number of nitrogens with one attached hydrogen (secondary N) is 1. The average molecular weight is 413 g/mol.